The fraction of sp³-hybridized carbons (Fsp3) is 0.667. The molecule has 3 heteroatoms. The van der Waals surface area contributed by atoms with E-state index in [0.717, 1.165) is 26.3 Å². The smallest absolute Gasteiger partial charge is 0.0509 e. The minimum atomic E-state index is 0.490. The zero-order chi connectivity index (χ0) is 14.7. The summed E-state index contributed by atoms with van der Waals surface area (Å²) in [7, 11) is 0. The van der Waals surface area contributed by atoms with Crippen molar-refractivity contribution in [3.05, 3.63) is 35.9 Å². The van der Waals surface area contributed by atoms with E-state index in [1.54, 1.807) is 0 Å². The average Bonchev–Trinajstić information content (AvgIpc) is 3.09. The summed E-state index contributed by atoms with van der Waals surface area (Å²) in [5, 5.41) is 3.72. The van der Waals surface area contributed by atoms with Crippen molar-refractivity contribution < 1.29 is 4.74 Å². The predicted octanol–water partition coefficient (Wildman–Crippen LogP) is 2.84. The monoisotopic (exact) mass is 288 g/mol. The fourth-order valence-electron chi connectivity index (χ4n) is 3.75. The van der Waals surface area contributed by atoms with Gasteiger partial charge < -0.3 is 10.1 Å². The Bertz CT molecular complexity index is 430. The number of nitrogens with one attached hydrogen (secondary N) is 1. The SMILES string of the molecule is CCC1CN(C(C)C2CCOC2)C(c2ccccc2)CN1. The van der Waals surface area contributed by atoms with Gasteiger partial charge in [0.2, 0.25) is 0 Å². The molecule has 0 aliphatic carbocycles. The molecule has 0 saturated carbocycles. The van der Waals surface area contributed by atoms with Gasteiger partial charge in [-0.25, -0.2) is 0 Å². The van der Waals surface area contributed by atoms with Gasteiger partial charge in [0.25, 0.3) is 0 Å². The van der Waals surface area contributed by atoms with Crippen LogP contribution in [0.2, 0.25) is 0 Å². The van der Waals surface area contributed by atoms with Crippen LogP contribution in [0, 0.1) is 5.92 Å². The van der Waals surface area contributed by atoms with Crippen LogP contribution in [-0.2, 0) is 4.74 Å². The number of nitrogens with zero attached hydrogens (tertiary/aromatic N) is 1. The minimum absolute atomic E-state index is 0.490. The first-order valence-corrected chi connectivity index (χ1v) is 8.41. The molecule has 0 radical (unpaired) electrons. The molecule has 2 heterocycles. The van der Waals surface area contributed by atoms with Gasteiger partial charge in [-0.2, -0.15) is 0 Å². The van der Waals surface area contributed by atoms with Gasteiger partial charge >= 0.3 is 0 Å². The van der Waals surface area contributed by atoms with E-state index in [-0.39, 0.29) is 0 Å². The molecule has 0 spiro atoms. The van der Waals surface area contributed by atoms with E-state index in [0.29, 0.717) is 24.0 Å². The Morgan fingerprint density at radius 1 is 1.33 bits per heavy atom. The molecular weight excluding hydrogens is 260 g/mol. The molecule has 2 fully saturated rings. The third-order valence-electron chi connectivity index (χ3n) is 5.28. The molecule has 21 heavy (non-hydrogen) atoms. The maximum atomic E-state index is 5.62. The van der Waals surface area contributed by atoms with E-state index in [1.807, 2.05) is 0 Å². The quantitative estimate of drug-likeness (QED) is 0.922. The number of rotatable bonds is 4. The summed E-state index contributed by atoms with van der Waals surface area (Å²) in [4.78, 5) is 2.72. The van der Waals surface area contributed by atoms with Crippen molar-refractivity contribution >= 4 is 0 Å². The van der Waals surface area contributed by atoms with Gasteiger partial charge in [-0.1, -0.05) is 37.3 Å². The number of ether oxygens (including phenoxy) is 1. The van der Waals surface area contributed by atoms with E-state index in [2.05, 4.69) is 54.4 Å². The molecule has 4 unspecified atom stereocenters. The highest BCUT2D eigenvalue weighted by molar-refractivity contribution is 5.20. The first-order valence-electron chi connectivity index (χ1n) is 8.41. The summed E-state index contributed by atoms with van der Waals surface area (Å²) in [6.45, 7) is 8.75. The van der Waals surface area contributed by atoms with Gasteiger partial charge in [0.15, 0.2) is 0 Å². The molecule has 1 aromatic carbocycles. The van der Waals surface area contributed by atoms with Gasteiger partial charge in [-0.3, -0.25) is 4.90 Å². The van der Waals surface area contributed by atoms with Crippen LogP contribution in [-0.4, -0.2) is 43.3 Å². The van der Waals surface area contributed by atoms with Crippen LogP contribution >= 0.6 is 0 Å². The van der Waals surface area contributed by atoms with Crippen LogP contribution in [0.15, 0.2) is 30.3 Å². The highest BCUT2D eigenvalue weighted by Crippen LogP contribution is 2.31. The van der Waals surface area contributed by atoms with Gasteiger partial charge in [0, 0.05) is 37.8 Å². The zero-order valence-corrected chi connectivity index (χ0v) is 13.3. The van der Waals surface area contributed by atoms with Crippen molar-refractivity contribution in [3.63, 3.8) is 0 Å². The zero-order valence-electron chi connectivity index (χ0n) is 13.3. The maximum Gasteiger partial charge on any atom is 0.0509 e. The lowest BCUT2D eigenvalue weighted by molar-refractivity contribution is 0.0529. The Morgan fingerprint density at radius 2 is 2.14 bits per heavy atom. The summed E-state index contributed by atoms with van der Waals surface area (Å²) < 4.78 is 5.62. The Kier molecular flexibility index (Phi) is 4.94. The predicted molar refractivity (Wildman–Crippen MR) is 86.4 cm³/mol. The number of piperazine rings is 1. The van der Waals surface area contributed by atoms with E-state index in [4.69, 9.17) is 4.74 Å². The van der Waals surface area contributed by atoms with Crippen molar-refractivity contribution in [2.24, 2.45) is 5.92 Å². The van der Waals surface area contributed by atoms with Gasteiger partial charge in [0.1, 0.15) is 0 Å². The molecule has 1 aromatic rings. The van der Waals surface area contributed by atoms with Crippen molar-refractivity contribution in [1.82, 2.24) is 10.2 Å². The second-order valence-electron chi connectivity index (χ2n) is 6.50. The van der Waals surface area contributed by atoms with Gasteiger partial charge in [0.05, 0.1) is 6.61 Å². The van der Waals surface area contributed by atoms with Crippen molar-refractivity contribution in [3.8, 4) is 0 Å². The highest BCUT2D eigenvalue weighted by atomic mass is 16.5. The lowest BCUT2D eigenvalue weighted by atomic mass is 9.92. The average molecular weight is 288 g/mol. The molecule has 4 atom stereocenters. The molecule has 2 saturated heterocycles. The molecule has 3 rings (SSSR count). The lowest BCUT2D eigenvalue weighted by Gasteiger charge is -2.45. The van der Waals surface area contributed by atoms with E-state index in [9.17, 15) is 0 Å². The van der Waals surface area contributed by atoms with E-state index in [1.165, 1.54) is 18.4 Å². The Balaban J connectivity index is 1.79. The summed E-state index contributed by atoms with van der Waals surface area (Å²) >= 11 is 0. The Morgan fingerprint density at radius 3 is 2.81 bits per heavy atom. The molecule has 1 N–H and O–H groups in total. The minimum Gasteiger partial charge on any atom is -0.381 e. The van der Waals surface area contributed by atoms with Crippen molar-refractivity contribution in [2.75, 3.05) is 26.3 Å². The maximum absolute atomic E-state index is 5.62. The lowest BCUT2D eigenvalue weighted by Crippen LogP contribution is -2.56. The standard InChI is InChI=1S/C18H28N2O/c1-3-17-12-20(14(2)16-9-10-21-13-16)18(11-19-17)15-7-5-4-6-8-15/h4-8,14,16-19H,3,9-13H2,1-2H3. The first kappa shape index (κ1) is 15.0. The molecule has 0 amide bonds. The Hall–Kier alpha value is -0.900. The summed E-state index contributed by atoms with van der Waals surface area (Å²) in [6, 6.07) is 12.7. The molecule has 3 nitrogen and oxygen atoms in total. The van der Waals surface area contributed by atoms with Gasteiger partial charge in [-0.05, 0) is 31.2 Å². The second kappa shape index (κ2) is 6.91. The molecule has 2 aliphatic heterocycles. The third-order valence-corrected chi connectivity index (χ3v) is 5.28. The van der Waals surface area contributed by atoms with Crippen molar-refractivity contribution in [2.45, 2.75) is 44.8 Å². The first-order chi connectivity index (χ1) is 10.3. The second-order valence-corrected chi connectivity index (χ2v) is 6.50. The van der Waals surface area contributed by atoms with Crippen LogP contribution in [0.3, 0.4) is 0 Å². The summed E-state index contributed by atoms with van der Waals surface area (Å²) in [6.07, 6.45) is 2.41. The van der Waals surface area contributed by atoms with Crippen LogP contribution in [0.4, 0.5) is 0 Å². The number of benzene rings is 1. The number of hydrogen-bond acceptors (Lipinski definition) is 3. The Labute approximate surface area is 128 Å². The molecule has 116 valence electrons. The summed E-state index contributed by atoms with van der Waals surface area (Å²) in [5.41, 5.74) is 1.44. The van der Waals surface area contributed by atoms with E-state index >= 15 is 0 Å². The third kappa shape index (κ3) is 3.31. The van der Waals surface area contributed by atoms with E-state index < -0.39 is 0 Å². The molecule has 2 aliphatic rings. The van der Waals surface area contributed by atoms with Crippen LogP contribution in [0.25, 0.3) is 0 Å². The highest BCUT2D eigenvalue weighted by Gasteiger charge is 2.35. The number of hydrogen-bond donors (Lipinski definition) is 1. The fourth-order valence-corrected chi connectivity index (χ4v) is 3.75. The molecule has 0 bridgehead atoms. The topological polar surface area (TPSA) is 24.5 Å². The largest absolute Gasteiger partial charge is 0.381 e. The summed E-state index contributed by atoms with van der Waals surface area (Å²) in [5.74, 6) is 0.687. The molecular formula is C18H28N2O. The van der Waals surface area contributed by atoms with Crippen LogP contribution in [0.1, 0.15) is 38.3 Å². The van der Waals surface area contributed by atoms with Crippen molar-refractivity contribution in [1.29, 1.82) is 0 Å². The van der Waals surface area contributed by atoms with Crippen LogP contribution in [0.5, 0.6) is 0 Å². The normalized spacial score (nSPS) is 32.2. The van der Waals surface area contributed by atoms with Gasteiger partial charge in [-0.15, -0.1) is 0 Å². The van der Waals surface area contributed by atoms with Crippen LogP contribution < -0.4 is 5.32 Å². The molecule has 0 aromatic heterocycles.